The molecule has 0 fully saturated rings. The number of nitrogens with one attached hydrogen (secondary N) is 3. The van der Waals surface area contributed by atoms with Crippen LogP contribution in [0.15, 0.2) is 42.5 Å². The van der Waals surface area contributed by atoms with E-state index in [1.54, 1.807) is 0 Å². The van der Waals surface area contributed by atoms with Gasteiger partial charge in [-0.25, -0.2) is 0 Å². The van der Waals surface area contributed by atoms with Gasteiger partial charge in [0.15, 0.2) is 0 Å². The largest absolute Gasteiger partial charge is 0.358 e. The maximum Gasteiger partial charge on any atom is 0.255 e. The van der Waals surface area contributed by atoms with Crippen LogP contribution in [0.4, 0.5) is 5.69 Å². The molecule has 1 atom stereocenters. The fourth-order valence-electron chi connectivity index (χ4n) is 4.15. The molecule has 1 aliphatic rings. The van der Waals surface area contributed by atoms with E-state index in [1.165, 1.54) is 28.6 Å². The minimum absolute atomic E-state index is 0.0541. The predicted octanol–water partition coefficient (Wildman–Crippen LogP) is 4.84. The third-order valence-electron chi connectivity index (χ3n) is 5.73. The van der Waals surface area contributed by atoms with E-state index < -0.39 is 0 Å². The summed E-state index contributed by atoms with van der Waals surface area (Å²) < 4.78 is 0. The molecular weight excluding hydrogens is 346 g/mol. The summed E-state index contributed by atoms with van der Waals surface area (Å²) in [6.07, 6.45) is 5.39. The summed E-state index contributed by atoms with van der Waals surface area (Å²) in [6.45, 7) is 5.38. The molecule has 1 aliphatic carbocycles. The number of aryl methyl sites for hydroxylation is 2. The van der Waals surface area contributed by atoms with Crippen LogP contribution in [0.1, 0.15) is 53.9 Å². The molecule has 0 spiro atoms. The molecule has 0 saturated carbocycles. The van der Waals surface area contributed by atoms with Gasteiger partial charge in [0.1, 0.15) is 0 Å². The molecule has 28 heavy (non-hydrogen) atoms. The fraction of sp³-hybridized carbons (Fsp3) is 0.375. The van der Waals surface area contributed by atoms with Crippen LogP contribution in [0.25, 0.3) is 10.9 Å². The number of aromatic nitrogens is 1. The molecule has 4 rings (SSSR count). The number of hydrogen-bond acceptors (Lipinski definition) is 2. The molecule has 3 aromatic rings. The lowest BCUT2D eigenvalue weighted by Gasteiger charge is -2.23. The van der Waals surface area contributed by atoms with Crippen LogP contribution in [0.2, 0.25) is 0 Å². The molecule has 1 unspecified atom stereocenters. The zero-order valence-corrected chi connectivity index (χ0v) is 16.8. The second-order valence-corrected chi connectivity index (χ2v) is 7.74. The number of aromatic amines is 1. The lowest BCUT2D eigenvalue weighted by molar-refractivity contribution is 0.102. The molecule has 2 aromatic carbocycles. The number of anilines is 1. The number of hydrogen-bond donors (Lipinski definition) is 3. The van der Waals surface area contributed by atoms with Crippen molar-refractivity contribution >= 4 is 22.5 Å². The summed E-state index contributed by atoms with van der Waals surface area (Å²) in [4.78, 5) is 16.3. The van der Waals surface area contributed by atoms with Gasteiger partial charge in [-0.3, -0.25) is 4.79 Å². The highest BCUT2D eigenvalue weighted by Crippen LogP contribution is 2.31. The van der Waals surface area contributed by atoms with Gasteiger partial charge in [-0.1, -0.05) is 26.0 Å². The number of fused-ring (bicyclic) bond motifs is 3. The van der Waals surface area contributed by atoms with Crippen molar-refractivity contribution in [2.75, 3.05) is 11.9 Å². The number of H-pyrrole nitrogens is 1. The first-order valence-corrected chi connectivity index (χ1v) is 10.4. The maximum atomic E-state index is 12.7. The summed E-state index contributed by atoms with van der Waals surface area (Å²) in [7, 11) is 0. The van der Waals surface area contributed by atoms with Gasteiger partial charge in [0.05, 0.1) is 0 Å². The smallest absolute Gasteiger partial charge is 0.255 e. The van der Waals surface area contributed by atoms with E-state index >= 15 is 0 Å². The van der Waals surface area contributed by atoms with Gasteiger partial charge in [-0.05, 0) is 80.1 Å². The molecule has 0 saturated heterocycles. The van der Waals surface area contributed by atoms with Crippen LogP contribution in [0.3, 0.4) is 0 Å². The molecular formula is C24H29N3O. The topological polar surface area (TPSA) is 56.9 Å². The van der Waals surface area contributed by atoms with E-state index in [0.717, 1.165) is 43.4 Å². The van der Waals surface area contributed by atoms with Crippen LogP contribution >= 0.6 is 0 Å². The Kier molecular flexibility index (Phi) is 5.49. The van der Waals surface area contributed by atoms with Crippen molar-refractivity contribution in [3.05, 3.63) is 64.8 Å². The highest BCUT2D eigenvalue weighted by Gasteiger charge is 2.22. The average molecular weight is 376 g/mol. The number of amides is 1. The molecule has 1 amide bonds. The summed E-state index contributed by atoms with van der Waals surface area (Å²) >= 11 is 0. The first kappa shape index (κ1) is 18.8. The Labute approximate surface area is 166 Å². The van der Waals surface area contributed by atoms with E-state index in [4.69, 9.17) is 0 Å². The molecule has 146 valence electrons. The summed E-state index contributed by atoms with van der Waals surface area (Å²) in [5.41, 5.74) is 6.65. The third-order valence-corrected chi connectivity index (χ3v) is 5.73. The lowest BCUT2D eigenvalue weighted by Crippen LogP contribution is -2.34. The van der Waals surface area contributed by atoms with Crippen molar-refractivity contribution < 1.29 is 4.79 Å². The van der Waals surface area contributed by atoms with E-state index in [0.29, 0.717) is 11.6 Å². The van der Waals surface area contributed by atoms with Crippen LogP contribution in [0, 0.1) is 0 Å². The van der Waals surface area contributed by atoms with Crippen molar-refractivity contribution in [2.24, 2.45) is 0 Å². The monoisotopic (exact) mass is 375 g/mol. The zero-order chi connectivity index (χ0) is 19.5. The van der Waals surface area contributed by atoms with Crippen LogP contribution < -0.4 is 10.6 Å². The number of carbonyl (C=O) groups excluding carboxylic acids is 1. The molecule has 1 heterocycles. The van der Waals surface area contributed by atoms with Gasteiger partial charge < -0.3 is 15.6 Å². The third kappa shape index (κ3) is 3.83. The second-order valence-electron chi connectivity index (χ2n) is 7.74. The molecule has 3 N–H and O–H groups in total. The van der Waals surface area contributed by atoms with Gasteiger partial charge in [0.2, 0.25) is 0 Å². The predicted molar refractivity (Wildman–Crippen MR) is 116 cm³/mol. The van der Waals surface area contributed by atoms with Gasteiger partial charge in [-0.2, -0.15) is 0 Å². The Bertz CT molecular complexity index is 989. The normalized spacial score (nSPS) is 16.1. The Balaban J connectivity index is 1.57. The summed E-state index contributed by atoms with van der Waals surface area (Å²) in [6, 6.07) is 14.6. The highest BCUT2D eigenvalue weighted by atomic mass is 16.1. The molecule has 4 nitrogen and oxygen atoms in total. The van der Waals surface area contributed by atoms with Gasteiger partial charge in [0.25, 0.3) is 5.91 Å². The summed E-state index contributed by atoms with van der Waals surface area (Å²) in [5, 5.41) is 7.97. The SMILES string of the molecule is CCCNC1CCc2[nH]c3ccc(NC(=O)c4cccc(CC)c4)cc3c2C1. The van der Waals surface area contributed by atoms with Gasteiger partial charge in [0, 0.05) is 33.9 Å². The molecule has 4 heteroatoms. The zero-order valence-electron chi connectivity index (χ0n) is 16.8. The molecule has 0 bridgehead atoms. The Morgan fingerprint density at radius 2 is 2.07 bits per heavy atom. The van der Waals surface area contributed by atoms with Gasteiger partial charge in [-0.15, -0.1) is 0 Å². The van der Waals surface area contributed by atoms with Crippen LogP contribution in [-0.2, 0) is 19.3 Å². The first-order chi connectivity index (χ1) is 13.7. The van der Waals surface area contributed by atoms with Crippen molar-refractivity contribution in [3.63, 3.8) is 0 Å². The molecule has 1 aromatic heterocycles. The average Bonchev–Trinajstić information content (AvgIpc) is 3.09. The minimum Gasteiger partial charge on any atom is -0.358 e. The van der Waals surface area contributed by atoms with Crippen LogP contribution in [-0.4, -0.2) is 23.5 Å². The minimum atomic E-state index is -0.0541. The van der Waals surface area contributed by atoms with Crippen molar-refractivity contribution in [1.29, 1.82) is 0 Å². The second kappa shape index (κ2) is 8.19. The Hall–Kier alpha value is -2.59. The van der Waals surface area contributed by atoms with Crippen molar-refractivity contribution in [2.45, 2.75) is 52.0 Å². The number of rotatable bonds is 6. The quantitative estimate of drug-likeness (QED) is 0.577. The number of benzene rings is 2. The lowest BCUT2D eigenvalue weighted by atomic mass is 9.91. The van der Waals surface area contributed by atoms with Gasteiger partial charge >= 0.3 is 0 Å². The first-order valence-electron chi connectivity index (χ1n) is 10.4. The fourth-order valence-corrected chi connectivity index (χ4v) is 4.15. The summed E-state index contributed by atoms with van der Waals surface area (Å²) in [5.74, 6) is -0.0541. The molecule has 0 aliphatic heterocycles. The Morgan fingerprint density at radius 3 is 2.89 bits per heavy atom. The van der Waals surface area contributed by atoms with E-state index in [-0.39, 0.29) is 5.91 Å². The number of carbonyl (C=O) groups is 1. The highest BCUT2D eigenvalue weighted by molar-refractivity contribution is 6.05. The Morgan fingerprint density at radius 1 is 1.18 bits per heavy atom. The van der Waals surface area contributed by atoms with E-state index in [2.05, 4.69) is 47.7 Å². The van der Waals surface area contributed by atoms with E-state index in [9.17, 15) is 4.79 Å². The molecule has 0 radical (unpaired) electrons. The van der Waals surface area contributed by atoms with Crippen LogP contribution in [0.5, 0.6) is 0 Å². The van der Waals surface area contributed by atoms with Crippen molar-refractivity contribution in [1.82, 2.24) is 10.3 Å². The maximum absolute atomic E-state index is 12.7. The van der Waals surface area contributed by atoms with Crippen molar-refractivity contribution in [3.8, 4) is 0 Å². The van der Waals surface area contributed by atoms with E-state index in [1.807, 2.05) is 24.3 Å². The standard InChI is InChI=1S/C24H29N3O/c1-3-12-25-18-8-10-22-20(14-18)21-15-19(9-11-23(21)27-22)26-24(28)17-7-5-6-16(4-2)13-17/h5-7,9,11,13,15,18,25,27H,3-4,8,10,12,14H2,1-2H3,(H,26,28).